The zero-order chi connectivity index (χ0) is 15.4. The van der Waals surface area contributed by atoms with Gasteiger partial charge in [0.05, 0.1) is 18.2 Å². The lowest BCUT2D eigenvalue weighted by atomic mass is 10.1. The lowest BCUT2D eigenvalue weighted by Crippen LogP contribution is -2.18. The molecule has 0 fully saturated rings. The Morgan fingerprint density at radius 2 is 2.05 bits per heavy atom. The topological polar surface area (TPSA) is 77.3 Å². The SMILES string of the molecule is CCCCOc1c(OC(C)C)c(=O)[nH]c2cc(N)ccc12. The van der Waals surface area contributed by atoms with E-state index >= 15 is 0 Å². The number of aromatic nitrogens is 1. The number of H-pyrrole nitrogens is 1. The minimum atomic E-state index is -0.298. The summed E-state index contributed by atoms with van der Waals surface area (Å²) in [5.41, 5.74) is 6.72. The molecule has 0 spiro atoms. The molecule has 1 aromatic heterocycles. The number of rotatable bonds is 6. The third-order valence-corrected chi connectivity index (χ3v) is 3.05. The lowest BCUT2D eigenvalue weighted by Gasteiger charge is -2.16. The van der Waals surface area contributed by atoms with Crippen molar-refractivity contribution in [3.63, 3.8) is 0 Å². The van der Waals surface area contributed by atoms with E-state index in [1.807, 2.05) is 19.9 Å². The van der Waals surface area contributed by atoms with Crippen LogP contribution in [-0.2, 0) is 0 Å². The molecule has 2 rings (SSSR count). The number of hydrogen-bond donors (Lipinski definition) is 2. The van der Waals surface area contributed by atoms with Gasteiger partial charge in [0.2, 0.25) is 5.75 Å². The van der Waals surface area contributed by atoms with Gasteiger partial charge in [-0.25, -0.2) is 0 Å². The highest BCUT2D eigenvalue weighted by molar-refractivity contribution is 5.89. The van der Waals surface area contributed by atoms with E-state index in [0.29, 0.717) is 23.6 Å². The van der Waals surface area contributed by atoms with Gasteiger partial charge < -0.3 is 20.2 Å². The molecular formula is C16H22N2O3. The number of pyridine rings is 1. The zero-order valence-electron chi connectivity index (χ0n) is 12.7. The van der Waals surface area contributed by atoms with Crippen LogP contribution in [0.1, 0.15) is 33.6 Å². The van der Waals surface area contributed by atoms with Crippen LogP contribution in [0.3, 0.4) is 0 Å². The maximum Gasteiger partial charge on any atom is 0.294 e. The fraction of sp³-hybridized carbons (Fsp3) is 0.438. The molecule has 0 bridgehead atoms. The molecule has 5 nitrogen and oxygen atoms in total. The van der Waals surface area contributed by atoms with E-state index in [9.17, 15) is 4.79 Å². The molecule has 2 aromatic rings. The summed E-state index contributed by atoms with van der Waals surface area (Å²) in [6, 6.07) is 5.35. The highest BCUT2D eigenvalue weighted by Crippen LogP contribution is 2.33. The largest absolute Gasteiger partial charge is 0.489 e. The van der Waals surface area contributed by atoms with Crippen molar-refractivity contribution in [1.82, 2.24) is 4.98 Å². The van der Waals surface area contributed by atoms with Crippen LogP contribution in [0.5, 0.6) is 11.5 Å². The fourth-order valence-corrected chi connectivity index (χ4v) is 2.07. The molecule has 0 amide bonds. The standard InChI is InChI=1S/C16H22N2O3/c1-4-5-8-20-14-12-7-6-11(17)9-13(12)18-16(19)15(14)21-10(2)3/h6-7,9-10H,4-5,8,17H2,1-3H3,(H,18,19). The zero-order valence-corrected chi connectivity index (χ0v) is 12.7. The van der Waals surface area contributed by atoms with Gasteiger partial charge in [0.25, 0.3) is 5.56 Å². The summed E-state index contributed by atoms with van der Waals surface area (Å²) in [7, 11) is 0. The lowest BCUT2D eigenvalue weighted by molar-refractivity contribution is 0.218. The van der Waals surface area contributed by atoms with E-state index in [1.54, 1.807) is 12.1 Å². The minimum Gasteiger partial charge on any atom is -0.489 e. The Hall–Kier alpha value is -2.17. The molecule has 0 saturated heterocycles. The monoisotopic (exact) mass is 290 g/mol. The summed E-state index contributed by atoms with van der Waals surface area (Å²) in [4.78, 5) is 15.0. The first-order valence-corrected chi connectivity index (χ1v) is 7.28. The second kappa shape index (κ2) is 6.52. The van der Waals surface area contributed by atoms with Crippen molar-refractivity contribution in [2.45, 2.75) is 39.7 Å². The van der Waals surface area contributed by atoms with Crippen LogP contribution in [0.25, 0.3) is 10.9 Å². The van der Waals surface area contributed by atoms with Crippen LogP contribution in [0, 0.1) is 0 Å². The highest BCUT2D eigenvalue weighted by atomic mass is 16.5. The second-order valence-corrected chi connectivity index (χ2v) is 5.29. The molecule has 0 aliphatic heterocycles. The van der Waals surface area contributed by atoms with E-state index in [4.69, 9.17) is 15.2 Å². The number of unbranched alkanes of at least 4 members (excludes halogenated alkanes) is 1. The molecule has 3 N–H and O–H groups in total. The molecule has 0 unspecified atom stereocenters. The Kier molecular flexibility index (Phi) is 4.73. The number of fused-ring (bicyclic) bond motifs is 1. The first-order chi connectivity index (χ1) is 10.0. The van der Waals surface area contributed by atoms with E-state index in [1.165, 1.54) is 0 Å². The summed E-state index contributed by atoms with van der Waals surface area (Å²) in [5, 5.41) is 0.801. The summed E-state index contributed by atoms with van der Waals surface area (Å²) in [5.74, 6) is 0.731. The summed E-state index contributed by atoms with van der Waals surface area (Å²) in [6.07, 6.45) is 1.84. The van der Waals surface area contributed by atoms with Gasteiger partial charge in [0.15, 0.2) is 5.75 Å². The highest BCUT2D eigenvalue weighted by Gasteiger charge is 2.17. The number of hydrogen-bond acceptors (Lipinski definition) is 4. The number of nitrogens with two attached hydrogens (primary N) is 1. The van der Waals surface area contributed by atoms with E-state index in [2.05, 4.69) is 11.9 Å². The van der Waals surface area contributed by atoms with Crippen molar-refractivity contribution < 1.29 is 9.47 Å². The Bertz CT molecular complexity index is 677. The fourth-order valence-electron chi connectivity index (χ4n) is 2.07. The number of nitrogens with one attached hydrogen (secondary N) is 1. The maximum atomic E-state index is 12.2. The van der Waals surface area contributed by atoms with E-state index in [0.717, 1.165) is 18.2 Å². The predicted octanol–water partition coefficient (Wildman–Crippen LogP) is 3.08. The van der Waals surface area contributed by atoms with Gasteiger partial charge in [-0.1, -0.05) is 13.3 Å². The van der Waals surface area contributed by atoms with Crippen molar-refractivity contribution in [3.8, 4) is 11.5 Å². The molecule has 1 heterocycles. The molecule has 0 aliphatic carbocycles. The van der Waals surface area contributed by atoms with Crippen molar-refractivity contribution in [2.24, 2.45) is 0 Å². The van der Waals surface area contributed by atoms with Gasteiger partial charge in [-0.05, 0) is 38.5 Å². The summed E-state index contributed by atoms with van der Waals surface area (Å²) in [6.45, 7) is 6.39. The molecule has 114 valence electrons. The number of anilines is 1. The van der Waals surface area contributed by atoms with Crippen LogP contribution in [0.15, 0.2) is 23.0 Å². The minimum absolute atomic E-state index is 0.106. The molecule has 0 aliphatic rings. The Morgan fingerprint density at radius 1 is 1.29 bits per heavy atom. The Balaban J connectivity index is 2.57. The van der Waals surface area contributed by atoms with Gasteiger partial charge in [-0.3, -0.25) is 4.79 Å². The molecule has 0 radical (unpaired) electrons. The third kappa shape index (κ3) is 3.48. The average Bonchev–Trinajstić information content (AvgIpc) is 2.41. The van der Waals surface area contributed by atoms with Gasteiger partial charge in [-0.2, -0.15) is 0 Å². The normalized spacial score (nSPS) is 11.0. The summed E-state index contributed by atoms with van der Waals surface area (Å²) < 4.78 is 11.5. The van der Waals surface area contributed by atoms with Gasteiger partial charge in [0.1, 0.15) is 0 Å². The van der Waals surface area contributed by atoms with Crippen LogP contribution in [-0.4, -0.2) is 17.7 Å². The Morgan fingerprint density at radius 3 is 2.71 bits per heavy atom. The molecule has 1 aromatic carbocycles. The van der Waals surface area contributed by atoms with Gasteiger partial charge in [-0.15, -0.1) is 0 Å². The molecule has 21 heavy (non-hydrogen) atoms. The first kappa shape index (κ1) is 15.2. The van der Waals surface area contributed by atoms with E-state index in [-0.39, 0.29) is 17.4 Å². The van der Waals surface area contributed by atoms with Crippen molar-refractivity contribution in [2.75, 3.05) is 12.3 Å². The average molecular weight is 290 g/mol. The van der Waals surface area contributed by atoms with Crippen LogP contribution < -0.4 is 20.8 Å². The number of ether oxygens (including phenoxy) is 2. The van der Waals surface area contributed by atoms with E-state index < -0.39 is 0 Å². The quantitative estimate of drug-likeness (QED) is 0.633. The molecule has 0 saturated carbocycles. The number of benzene rings is 1. The Labute approximate surface area is 124 Å². The van der Waals surface area contributed by atoms with Gasteiger partial charge >= 0.3 is 0 Å². The predicted molar refractivity (Wildman–Crippen MR) is 85.1 cm³/mol. The third-order valence-electron chi connectivity index (χ3n) is 3.05. The van der Waals surface area contributed by atoms with Crippen molar-refractivity contribution in [3.05, 3.63) is 28.6 Å². The number of aromatic amines is 1. The smallest absolute Gasteiger partial charge is 0.294 e. The van der Waals surface area contributed by atoms with Gasteiger partial charge in [0, 0.05) is 11.1 Å². The summed E-state index contributed by atoms with van der Waals surface area (Å²) >= 11 is 0. The molecular weight excluding hydrogens is 268 g/mol. The molecule has 0 atom stereocenters. The molecule has 5 heteroatoms. The number of nitrogen functional groups attached to an aromatic ring is 1. The van der Waals surface area contributed by atoms with Crippen LogP contribution in [0.2, 0.25) is 0 Å². The van der Waals surface area contributed by atoms with Crippen molar-refractivity contribution >= 4 is 16.6 Å². The second-order valence-electron chi connectivity index (χ2n) is 5.29. The maximum absolute atomic E-state index is 12.2. The van der Waals surface area contributed by atoms with Crippen LogP contribution >= 0.6 is 0 Å². The van der Waals surface area contributed by atoms with Crippen molar-refractivity contribution in [1.29, 1.82) is 0 Å². The van der Waals surface area contributed by atoms with Crippen LogP contribution in [0.4, 0.5) is 5.69 Å². The first-order valence-electron chi connectivity index (χ1n) is 7.28.